The van der Waals surface area contributed by atoms with Crippen LogP contribution in [0.2, 0.25) is 0 Å². The van der Waals surface area contributed by atoms with Crippen molar-refractivity contribution >= 4 is 17.7 Å². The fraction of sp³-hybridized carbons (Fsp3) is 0.731. The molecule has 6 fully saturated rings. The number of ketones is 1. The van der Waals surface area contributed by atoms with E-state index in [0.717, 1.165) is 7.11 Å². The Kier molecular flexibility index (Phi) is 4.07. The number of carbonyl (C=O) groups excluding carboxylic acids is 3. The smallest absolute Gasteiger partial charge is 0.335 e. The second kappa shape index (κ2) is 6.40. The Bertz CT molecular complexity index is 1200. The van der Waals surface area contributed by atoms with Crippen molar-refractivity contribution in [2.24, 2.45) is 34.5 Å². The first-order valence-corrected chi connectivity index (χ1v) is 12.6. The third-order valence-electron chi connectivity index (χ3n) is 11.2. The Labute approximate surface area is 206 Å². The van der Waals surface area contributed by atoms with Gasteiger partial charge in [-0.3, -0.25) is 9.59 Å². The number of hydrogen-bond donors (Lipinski definition) is 3. The van der Waals surface area contributed by atoms with Crippen molar-refractivity contribution in [2.75, 3.05) is 7.11 Å². The van der Waals surface area contributed by atoms with Crippen LogP contribution in [-0.4, -0.2) is 69.2 Å². The summed E-state index contributed by atoms with van der Waals surface area (Å²) in [6.07, 6.45) is -1.66. The molecule has 2 saturated heterocycles. The Hall–Kier alpha value is -2.27. The van der Waals surface area contributed by atoms with E-state index in [1.54, 1.807) is 19.1 Å². The van der Waals surface area contributed by atoms with Crippen molar-refractivity contribution in [3.63, 3.8) is 0 Å². The topological polar surface area (TPSA) is 153 Å². The largest absolute Gasteiger partial charge is 0.467 e. The molecule has 0 amide bonds. The number of ether oxygens (including phenoxy) is 3. The molecule has 10 nitrogen and oxygen atoms in total. The molecule has 6 aliphatic rings. The fourth-order valence-electron chi connectivity index (χ4n) is 10.0. The third-order valence-corrected chi connectivity index (χ3v) is 11.2. The molecule has 1 spiro atoms. The van der Waals surface area contributed by atoms with Crippen LogP contribution in [0.4, 0.5) is 0 Å². The Morgan fingerprint density at radius 1 is 1.25 bits per heavy atom. The van der Waals surface area contributed by atoms with Gasteiger partial charge in [-0.25, -0.2) is 4.79 Å². The van der Waals surface area contributed by atoms with Crippen LogP contribution in [0.15, 0.2) is 22.8 Å². The number of Topliss-reactive ketones (excluding diaryl/α,β-unsaturated/α-hetero) is 1. The molecule has 10 heteroatoms. The molecule has 3 heterocycles. The van der Waals surface area contributed by atoms with Crippen LogP contribution in [-0.2, 0) is 28.6 Å². The van der Waals surface area contributed by atoms with E-state index in [-0.39, 0.29) is 18.6 Å². The first kappa shape index (κ1) is 22.9. The number of aliphatic hydroxyl groups is 3. The first-order chi connectivity index (χ1) is 16.9. The van der Waals surface area contributed by atoms with E-state index in [1.165, 1.54) is 6.26 Å². The molecule has 0 radical (unpaired) electrons. The zero-order valence-corrected chi connectivity index (χ0v) is 20.3. The third kappa shape index (κ3) is 2.06. The van der Waals surface area contributed by atoms with E-state index >= 15 is 0 Å². The van der Waals surface area contributed by atoms with Crippen molar-refractivity contribution in [1.82, 2.24) is 0 Å². The molecule has 2 bridgehead atoms. The lowest BCUT2D eigenvalue weighted by Crippen LogP contribution is -2.72. The van der Waals surface area contributed by atoms with Gasteiger partial charge in [-0.2, -0.15) is 0 Å². The summed E-state index contributed by atoms with van der Waals surface area (Å²) in [5, 5.41) is 36.2. The number of hydrogen-bond acceptors (Lipinski definition) is 10. The summed E-state index contributed by atoms with van der Waals surface area (Å²) in [5.41, 5.74) is -7.09. The lowest BCUT2D eigenvalue weighted by Gasteiger charge is -2.62. The Balaban J connectivity index is 1.46. The summed E-state index contributed by atoms with van der Waals surface area (Å²) in [5.74, 6) is -4.78. The van der Waals surface area contributed by atoms with Crippen LogP contribution in [0.5, 0.6) is 0 Å². The molecule has 1 aromatic heterocycles. The van der Waals surface area contributed by atoms with Gasteiger partial charge in [0.1, 0.15) is 23.1 Å². The number of methoxy groups -OCH3 is 1. The van der Waals surface area contributed by atoms with E-state index in [2.05, 4.69) is 0 Å². The fourth-order valence-corrected chi connectivity index (χ4v) is 10.0. The van der Waals surface area contributed by atoms with Gasteiger partial charge in [0.2, 0.25) is 0 Å². The summed E-state index contributed by atoms with van der Waals surface area (Å²) in [7, 11) is 1.16. The Morgan fingerprint density at radius 2 is 2.00 bits per heavy atom. The van der Waals surface area contributed by atoms with Crippen LogP contribution < -0.4 is 0 Å². The summed E-state index contributed by atoms with van der Waals surface area (Å²) in [6, 6.07) is 3.40. The second-order valence-electron chi connectivity index (χ2n) is 12.3. The Morgan fingerprint density at radius 3 is 2.67 bits per heavy atom. The van der Waals surface area contributed by atoms with Gasteiger partial charge in [0.25, 0.3) is 0 Å². The summed E-state index contributed by atoms with van der Waals surface area (Å²) >= 11 is 0. The molecular formula is C26H30O10. The number of esters is 2. The highest BCUT2D eigenvalue weighted by Gasteiger charge is 2.92. The van der Waals surface area contributed by atoms with Gasteiger partial charge in [0.15, 0.2) is 18.0 Å². The SMILES string of the molecule is COC(=O)C(O)C1C2C3CCC4(C)C(c5ccco5)OC(=O)CC45OC4C(=O)C1(C)CC2(O)C4C35O. The highest BCUT2D eigenvalue weighted by molar-refractivity contribution is 5.94. The number of rotatable bonds is 3. The van der Waals surface area contributed by atoms with Crippen molar-refractivity contribution in [2.45, 2.75) is 74.6 Å². The normalized spacial score (nSPS) is 54.7. The summed E-state index contributed by atoms with van der Waals surface area (Å²) in [6.45, 7) is 3.54. The minimum absolute atomic E-state index is 0.00951. The summed E-state index contributed by atoms with van der Waals surface area (Å²) in [4.78, 5) is 39.7. The standard InChI is InChI=1S/C26H30O10/c1-22-10-24(31)14(15(22)16(28)21(30)33-3)11-6-7-23(2)20(12-5-4-8-34-12)35-13(27)9-25(23)26(11,32)18(24)17(36-25)19(22)29/h4-5,8,11,14-18,20,28,31-32H,6-7,9-10H2,1-3H3. The van der Waals surface area contributed by atoms with Gasteiger partial charge >= 0.3 is 11.9 Å². The highest BCUT2D eigenvalue weighted by atomic mass is 16.6. The number of furan rings is 1. The maximum Gasteiger partial charge on any atom is 0.335 e. The molecular weight excluding hydrogens is 472 g/mol. The zero-order valence-electron chi connectivity index (χ0n) is 20.3. The van der Waals surface area contributed by atoms with E-state index in [0.29, 0.717) is 18.6 Å². The van der Waals surface area contributed by atoms with Gasteiger partial charge in [-0.15, -0.1) is 0 Å². The van der Waals surface area contributed by atoms with Crippen LogP contribution in [0.3, 0.4) is 0 Å². The highest BCUT2D eigenvalue weighted by Crippen LogP contribution is 2.81. The first-order valence-electron chi connectivity index (χ1n) is 12.6. The van der Waals surface area contributed by atoms with E-state index < -0.39 is 81.6 Å². The van der Waals surface area contributed by atoms with Gasteiger partial charge < -0.3 is 33.9 Å². The molecule has 4 aliphatic carbocycles. The maximum atomic E-state index is 14.1. The zero-order chi connectivity index (χ0) is 25.6. The van der Waals surface area contributed by atoms with E-state index in [4.69, 9.17) is 18.6 Å². The average molecular weight is 503 g/mol. The number of fused-ring (bicyclic) bond motifs is 2. The lowest BCUT2D eigenvalue weighted by molar-refractivity contribution is -0.292. The van der Waals surface area contributed by atoms with Gasteiger partial charge in [-0.05, 0) is 37.3 Å². The lowest BCUT2D eigenvalue weighted by atomic mass is 9.47. The summed E-state index contributed by atoms with van der Waals surface area (Å²) < 4.78 is 22.9. The molecule has 12 atom stereocenters. The van der Waals surface area contributed by atoms with E-state index in [1.807, 2.05) is 6.92 Å². The predicted octanol–water partition coefficient (Wildman–Crippen LogP) is 0.672. The molecule has 194 valence electrons. The predicted molar refractivity (Wildman–Crippen MR) is 117 cm³/mol. The number of aliphatic hydroxyl groups excluding tert-OH is 1. The van der Waals surface area contributed by atoms with Crippen molar-refractivity contribution in [3.8, 4) is 0 Å². The monoisotopic (exact) mass is 502 g/mol. The van der Waals surface area contributed by atoms with E-state index in [9.17, 15) is 29.7 Å². The van der Waals surface area contributed by atoms with Crippen molar-refractivity contribution in [1.29, 1.82) is 0 Å². The maximum absolute atomic E-state index is 14.1. The molecule has 3 N–H and O–H groups in total. The molecule has 4 saturated carbocycles. The van der Waals surface area contributed by atoms with Crippen LogP contribution in [0.1, 0.15) is 51.4 Å². The minimum Gasteiger partial charge on any atom is -0.467 e. The molecule has 36 heavy (non-hydrogen) atoms. The van der Waals surface area contributed by atoms with Crippen molar-refractivity contribution < 1.29 is 48.3 Å². The van der Waals surface area contributed by atoms with Crippen LogP contribution >= 0.6 is 0 Å². The molecule has 7 rings (SSSR count). The number of cyclic esters (lactones) is 1. The molecule has 2 aliphatic heterocycles. The average Bonchev–Trinajstić information content (AvgIpc) is 3.53. The van der Waals surface area contributed by atoms with Crippen molar-refractivity contribution in [3.05, 3.63) is 24.2 Å². The minimum atomic E-state index is -1.76. The number of carbonyl (C=O) groups is 3. The second-order valence-corrected chi connectivity index (χ2v) is 12.3. The van der Waals surface area contributed by atoms with Gasteiger partial charge in [0, 0.05) is 22.7 Å². The van der Waals surface area contributed by atoms with Gasteiger partial charge in [-0.1, -0.05) is 13.8 Å². The van der Waals surface area contributed by atoms with Crippen LogP contribution in [0, 0.1) is 34.5 Å². The quantitative estimate of drug-likeness (QED) is 0.503. The van der Waals surface area contributed by atoms with Gasteiger partial charge in [0.05, 0.1) is 31.3 Å². The van der Waals surface area contributed by atoms with Crippen LogP contribution in [0.25, 0.3) is 0 Å². The molecule has 12 unspecified atom stereocenters. The molecule has 1 aromatic rings. The molecule has 0 aromatic carbocycles.